The maximum atomic E-state index is 10.1. The molecule has 1 unspecified atom stereocenters. The number of hydrogen-bond acceptors (Lipinski definition) is 7. The highest BCUT2D eigenvalue weighted by Gasteiger charge is 2.44. The third-order valence-corrected chi connectivity index (χ3v) is 3.91. The Bertz CT molecular complexity index is 630. The molecule has 1 aromatic rings. The van der Waals surface area contributed by atoms with Gasteiger partial charge in [-0.05, 0) is 12.5 Å². The van der Waals surface area contributed by atoms with Crippen LogP contribution < -0.4 is 5.32 Å². The van der Waals surface area contributed by atoms with E-state index in [0.29, 0.717) is 17.3 Å². The van der Waals surface area contributed by atoms with Crippen LogP contribution in [0.25, 0.3) is 0 Å². The number of imidazole rings is 1. The molecule has 0 radical (unpaired) electrons. The van der Waals surface area contributed by atoms with Crippen LogP contribution >= 0.6 is 11.6 Å². The number of fused-ring (bicyclic) bond motifs is 1. The van der Waals surface area contributed by atoms with Gasteiger partial charge in [0.05, 0.1) is 12.9 Å². The number of halogens is 1. The third kappa shape index (κ3) is 2.42. The lowest BCUT2D eigenvalue weighted by Crippen LogP contribution is -2.33. The van der Waals surface area contributed by atoms with Crippen molar-refractivity contribution in [2.24, 2.45) is 4.99 Å². The Kier molecular flexibility index (Phi) is 4.20. The van der Waals surface area contributed by atoms with Crippen molar-refractivity contribution in [2.45, 2.75) is 37.9 Å². The van der Waals surface area contributed by atoms with Gasteiger partial charge in [0.2, 0.25) is 0 Å². The Hall–Kier alpha value is -1.45. The van der Waals surface area contributed by atoms with E-state index in [4.69, 9.17) is 16.3 Å². The van der Waals surface area contributed by atoms with Gasteiger partial charge in [0.25, 0.3) is 0 Å². The summed E-state index contributed by atoms with van der Waals surface area (Å²) in [5.74, 6) is 1.10. The van der Waals surface area contributed by atoms with Gasteiger partial charge < -0.3 is 25.4 Å². The molecule has 0 aliphatic carbocycles. The molecular weight excluding hydrogens is 312 g/mol. The van der Waals surface area contributed by atoms with E-state index < -0.39 is 24.5 Å². The molecular formula is C13H17ClN4O4. The summed E-state index contributed by atoms with van der Waals surface area (Å²) < 4.78 is 7.05. The molecule has 0 saturated carbocycles. The average Bonchev–Trinajstić information content (AvgIpc) is 3.03. The van der Waals surface area contributed by atoms with Crippen LogP contribution in [0.1, 0.15) is 25.3 Å². The van der Waals surface area contributed by atoms with Crippen molar-refractivity contribution in [1.82, 2.24) is 9.55 Å². The highest BCUT2D eigenvalue weighted by atomic mass is 35.5. The lowest BCUT2D eigenvalue weighted by Gasteiger charge is -2.21. The van der Waals surface area contributed by atoms with E-state index in [1.807, 2.05) is 13.0 Å². The first-order valence-electron chi connectivity index (χ1n) is 6.97. The van der Waals surface area contributed by atoms with Crippen LogP contribution in [0.5, 0.6) is 0 Å². The van der Waals surface area contributed by atoms with Crippen molar-refractivity contribution in [2.75, 3.05) is 11.9 Å². The fraction of sp³-hybridized carbons (Fsp3) is 0.538. The first-order chi connectivity index (χ1) is 10.6. The maximum Gasteiger partial charge on any atom is 0.165 e. The molecule has 0 bridgehead atoms. The topological polar surface area (TPSA) is 112 Å². The second-order valence-corrected chi connectivity index (χ2v) is 5.46. The minimum absolute atomic E-state index is 0.235. The predicted octanol–water partition coefficient (Wildman–Crippen LogP) is 0.157. The Labute approximate surface area is 131 Å². The van der Waals surface area contributed by atoms with Crippen molar-refractivity contribution in [3.8, 4) is 0 Å². The molecule has 3 rings (SSSR count). The van der Waals surface area contributed by atoms with Crippen LogP contribution in [0.3, 0.4) is 0 Å². The molecule has 2 aliphatic rings. The lowest BCUT2D eigenvalue weighted by atomic mass is 10.1. The first kappa shape index (κ1) is 15.4. The zero-order valence-electron chi connectivity index (χ0n) is 11.8. The van der Waals surface area contributed by atoms with Crippen LogP contribution in [0.2, 0.25) is 0 Å². The summed E-state index contributed by atoms with van der Waals surface area (Å²) in [6, 6.07) is 0. The van der Waals surface area contributed by atoms with Gasteiger partial charge in [-0.25, -0.2) is 9.98 Å². The van der Waals surface area contributed by atoms with Crippen LogP contribution in [0.15, 0.2) is 23.2 Å². The average molecular weight is 329 g/mol. The molecule has 4 atom stereocenters. The molecule has 2 aliphatic heterocycles. The van der Waals surface area contributed by atoms with Gasteiger partial charge in [0.15, 0.2) is 11.4 Å². The number of anilines is 1. The molecule has 1 fully saturated rings. The zero-order chi connectivity index (χ0) is 15.9. The number of hydrogen-bond donors (Lipinski definition) is 4. The van der Waals surface area contributed by atoms with Crippen molar-refractivity contribution >= 4 is 22.6 Å². The van der Waals surface area contributed by atoms with Gasteiger partial charge in [0.1, 0.15) is 35.6 Å². The summed E-state index contributed by atoms with van der Waals surface area (Å²) in [4.78, 5) is 8.34. The van der Waals surface area contributed by atoms with E-state index in [-0.39, 0.29) is 11.8 Å². The Balaban J connectivity index is 1.96. The van der Waals surface area contributed by atoms with Gasteiger partial charge in [-0.3, -0.25) is 4.57 Å². The summed E-state index contributed by atoms with van der Waals surface area (Å²) in [6.45, 7) is 1.58. The minimum Gasteiger partial charge on any atom is -0.394 e. The smallest absolute Gasteiger partial charge is 0.165 e. The Morgan fingerprint density at radius 3 is 2.86 bits per heavy atom. The number of nitrogens with one attached hydrogen (secondary N) is 1. The van der Waals surface area contributed by atoms with Gasteiger partial charge in [-0.15, -0.1) is 0 Å². The van der Waals surface area contributed by atoms with E-state index in [1.165, 1.54) is 6.33 Å². The van der Waals surface area contributed by atoms with E-state index in [9.17, 15) is 15.3 Å². The van der Waals surface area contributed by atoms with Crippen LogP contribution in [0, 0.1) is 0 Å². The molecule has 8 nitrogen and oxygen atoms in total. The second kappa shape index (κ2) is 5.98. The number of aliphatic hydroxyl groups is 3. The number of aliphatic imine (C=N–C) groups is 1. The van der Waals surface area contributed by atoms with Gasteiger partial charge in [0, 0.05) is 0 Å². The first-order valence-corrected chi connectivity index (χ1v) is 7.35. The Morgan fingerprint density at radius 1 is 1.45 bits per heavy atom. The van der Waals surface area contributed by atoms with E-state index >= 15 is 0 Å². The van der Waals surface area contributed by atoms with Gasteiger partial charge in [-0.1, -0.05) is 18.5 Å². The van der Waals surface area contributed by atoms with Crippen molar-refractivity contribution in [3.63, 3.8) is 0 Å². The number of aliphatic hydroxyl groups excluding tert-OH is 3. The van der Waals surface area contributed by atoms with Crippen LogP contribution in [-0.4, -0.2) is 55.0 Å². The maximum absolute atomic E-state index is 10.1. The molecule has 4 N–H and O–H groups in total. The van der Waals surface area contributed by atoms with Gasteiger partial charge in [-0.2, -0.15) is 0 Å². The minimum atomic E-state index is -1.19. The molecule has 1 saturated heterocycles. The highest BCUT2D eigenvalue weighted by Crippen LogP contribution is 2.35. The fourth-order valence-electron chi connectivity index (χ4n) is 2.54. The number of allylic oxidation sites excluding steroid dienone is 1. The van der Waals surface area contributed by atoms with Crippen LogP contribution in [-0.2, 0) is 4.74 Å². The molecule has 0 amide bonds. The molecule has 1 aromatic heterocycles. The molecule has 3 heterocycles. The van der Waals surface area contributed by atoms with Crippen molar-refractivity contribution < 1.29 is 20.1 Å². The molecule has 22 heavy (non-hydrogen) atoms. The molecule has 0 spiro atoms. The summed E-state index contributed by atoms with van der Waals surface area (Å²) in [7, 11) is 0. The molecule has 9 heteroatoms. The zero-order valence-corrected chi connectivity index (χ0v) is 12.6. The Morgan fingerprint density at radius 2 is 2.23 bits per heavy atom. The largest absolute Gasteiger partial charge is 0.394 e. The summed E-state index contributed by atoms with van der Waals surface area (Å²) in [5, 5.41) is 32.5. The van der Waals surface area contributed by atoms with Crippen molar-refractivity contribution in [3.05, 3.63) is 23.9 Å². The predicted molar refractivity (Wildman–Crippen MR) is 79.6 cm³/mol. The number of aromatic nitrogens is 2. The number of nitrogens with zero attached hydrogens (tertiary/aromatic N) is 3. The highest BCUT2D eigenvalue weighted by molar-refractivity contribution is 6.70. The van der Waals surface area contributed by atoms with Gasteiger partial charge >= 0.3 is 0 Å². The van der Waals surface area contributed by atoms with Crippen LogP contribution in [0.4, 0.5) is 5.82 Å². The summed E-state index contributed by atoms with van der Waals surface area (Å²) >= 11 is 6.12. The monoisotopic (exact) mass is 328 g/mol. The standard InChI is InChI=1S/C13H17ClN4O4/c1-2-3-7-16-11(14)8-12(17-7)18(5-15-8)13-10(21)9(20)6(4-19)22-13/h3,5-6,9-10,13,17,19-21H,2,4H2,1H3/t6-,9-,10-,13?/m1/s1. The molecule has 0 aromatic carbocycles. The lowest BCUT2D eigenvalue weighted by molar-refractivity contribution is -0.0518. The van der Waals surface area contributed by atoms with E-state index in [2.05, 4.69) is 15.3 Å². The number of ether oxygens (including phenoxy) is 1. The third-order valence-electron chi connectivity index (χ3n) is 3.64. The SMILES string of the molecule is CCC=C1N=C(Cl)c2ncn(C3O[C@H](CO)[C@@H](O)[C@H]3O)c2N1. The summed E-state index contributed by atoms with van der Waals surface area (Å²) in [5.41, 5.74) is 0.438. The second-order valence-electron chi connectivity index (χ2n) is 5.10. The quantitative estimate of drug-likeness (QED) is 0.628. The van der Waals surface area contributed by atoms with E-state index in [1.54, 1.807) is 4.57 Å². The normalized spacial score (nSPS) is 32.8. The van der Waals surface area contributed by atoms with Crippen molar-refractivity contribution in [1.29, 1.82) is 0 Å². The summed E-state index contributed by atoms with van der Waals surface area (Å²) in [6.07, 6.45) is -0.00400. The van der Waals surface area contributed by atoms with E-state index in [0.717, 1.165) is 6.42 Å². The molecule has 120 valence electrons. The number of rotatable bonds is 3. The fourth-order valence-corrected chi connectivity index (χ4v) is 2.77.